The molecule has 0 heterocycles. The van der Waals surface area contributed by atoms with Gasteiger partial charge >= 0.3 is 5.97 Å². The van der Waals surface area contributed by atoms with E-state index in [1.807, 2.05) is 55.5 Å². The zero-order valence-electron chi connectivity index (χ0n) is 13.0. The summed E-state index contributed by atoms with van der Waals surface area (Å²) in [5, 5.41) is 0. The summed E-state index contributed by atoms with van der Waals surface area (Å²) in [4.78, 5) is 12.0. The van der Waals surface area contributed by atoms with E-state index in [2.05, 4.69) is 0 Å². The van der Waals surface area contributed by atoms with E-state index in [0.717, 1.165) is 16.9 Å². The van der Waals surface area contributed by atoms with Crippen LogP contribution >= 0.6 is 0 Å². The second-order valence-corrected chi connectivity index (χ2v) is 4.98. The highest BCUT2D eigenvalue weighted by Crippen LogP contribution is 2.23. The van der Waals surface area contributed by atoms with Crippen molar-refractivity contribution < 1.29 is 19.0 Å². The SMILES string of the molecule is COC(=O)C(COc1ccc(C)cc1)c1cccc(OC)c1. The first kappa shape index (κ1) is 15.9. The minimum atomic E-state index is -0.499. The molecule has 116 valence electrons. The summed E-state index contributed by atoms with van der Waals surface area (Å²) in [6.07, 6.45) is 0. The molecule has 2 rings (SSSR count). The van der Waals surface area contributed by atoms with Crippen LogP contribution in [0, 0.1) is 6.92 Å². The molecule has 0 bridgehead atoms. The van der Waals surface area contributed by atoms with E-state index >= 15 is 0 Å². The van der Waals surface area contributed by atoms with Gasteiger partial charge in [0.2, 0.25) is 0 Å². The summed E-state index contributed by atoms with van der Waals surface area (Å²) in [5.41, 5.74) is 1.96. The Morgan fingerprint density at radius 1 is 1.05 bits per heavy atom. The van der Waals surface area contributed by atoms with Crippen LogP contribution in [0.25, 0.3) is 0 Å². The fourth-order valence-corrected chi connectivity index (χ4v) is 2.11. The van der Waals surface area contributed by atoms with Gasteiger partial charge in [-0.25, -0.2) is 0 Å². The maximum absolute atomic E-state index is 12.0. The van der Waals surface area contributed by atoms with Gasteiger partial charge in [-0.1, -0.05) is 29.8 Å². The number of hydrogen-bond donors (Lipinski definition) is 0. The molecule has 4 heteroatoms. The average molecular weight is 300 g/mol. The van der Waals surface area contributed by atoms with Crippen LogP contribution in [0.4, 0.5) is 0 Å². The third-order valence-electron chi connectivity index (χ3n) is 3.42. The number of hydrogen-bond acceptors (Lipinski definition) is 4. The normalized spacial score (nSPS) is 11.6. The summed E-state index contributed by atoms with van der Waals surface area (Å²) in [6, 6.07) is 15.1. The number of rotatable bonds is 6. The third-order valence-corrected chi connectivity index (χ3v) is 3.42. The van der Waals surface area contributed by atoms with Gasteiger partial charge in [-0.15, -0.1) is 0 Å². The van der Waals surface area contributed by atoms with Gasteiger partial charge in [-0.3, -0.25) is 4.79 Å². The minimum absolute atomic E-state index is 0.211. The van der Waals surface area contributed by atoms with Gasteiger partial charge in [-0.05, 0) is 36.8 Å². The Morgan fingerprint density at radius 2 is 1.77 bits per heavy atom. The Balaban J connectivity index is 2.15. The number of esters is 1. The maximum Gasteiger partial charge on any atom is 0.316 e. The predicted octanol–water partition coefficient (Wildman–Crippen LogP) is 3.34. The molecule has 1 atom stereocenters. The van der Waals surface area contributed by atoms with Crippen LogP contribution in [-0.4, -0.2) is 26.8 Å². The average Bonchev–Trinajstić information content (AvgIpc) is 2.56. The van der Waals surface area contributed by atoms with Crippen molar-refractivity contribution in [3.63, 3.8) is 0 Å². The molecule has 0 aliphatic carbocycles. The third kappa shape index (κ3) is 4.01. The summed E-state index contributed by atoms with van der Waals surface area (Å²) in [5.74, 6) is 0.589. The van der Waals surface area contributed by atoms with Crippen LogP contribution in [0.1, 0.15) is 17.0 Å². The molecule has 0 aromatic heterocycles. The van der Waals surface area contributed by atoms with Gasteiger partial charge in [0.05, 0.1) is 14.2 Å². The summed E-state index contributed by atoms with van der Waals surface area (Å²) in [7, 11) is 2.97. The zero-order chi connectivity index (χ0) is 15.9. The van der Waals surface area contributed by atoms with Gasteiger partial charge < -0.3 is 14.2 Å². The maximum atomic E-state index is 12.0. The number of methoxy groups -OCH3 is 2. The molecule has 0 aliphatic heterocycles. The highest BCUT2D eigenvalue weighted by Gasteiger charge is 2.23. The van der Waals surface area contributed by atoms with Gasteiger partial charge in [0.25, 0.3) is 0 Å². The predicted molar refractivity (Wildman–Crippen MR) is 84.4 cm³/mol. The van der Waals surface area contributed by atoms with Crippen LogP contribution < -0.4 is 9.47 Å². The first-order valence-electron chi connectivity index (χ1n) is 7.05. The Morgan fingerprint density at radius 3 is 2.41 bits per heavy atom. The largest absolute Gasteiger partial charge is 0.497 e. The second kappa shape index (κ2) is 7.50. The molecule has 0 fully saturated rings. The molecular weight excluding hydrogens is 280 g/mol. The molecule has 0 N–H and O–H groups in total. The Kier molecular flexibility index (Phi) is 5.42. The molecule has 0 amide bonds. The van der Waals surface area contributed by atoms with Crippen LogP contribution in [0.3, 0.4) is 0 Å². The lowest BCUT2D eigenvalue weighted by molar-refractivity contribution is -0.143. The van der Waals surface area contributed by atoms with Gasteiger partial charge in [0.15, 0.2) is 0 Å². The molecule has 2 aromatic carbocycles. The van der Waals surface area contributed by atoms with Crippen LogP contribution in [0.2, 0.25) is 0 Å². The second-order valence-electron chi connectivity index (χ2n) is 4.98. The van der Waals surface area contributed by atoms with E-state index in [4.69, 9.17) is 14.2 Å². The number of aryl methyl sites for hydroxylation is 1. The molecule has 2 aromatic rings. The van der Waals surface area contributed by atoms with Crippen molar-refractivity contribution in [3.8, 4) is 11.5 Å². The minimum Gasteiger partial charge on any atom is -0.497 e. The monoisotopic (exact) mass is 300 g/mol. The lowest BCUT2D eigenvalue weighted by atomic mass is 10.00. The number of benzene rings is 2. The summed E-state index contributed by atoms with van der Waals surface area (Å²) in [6.45, 7) is 2.22. The van der Waals surface area contributed by atoms with E-state index in [0.29, 0.717) is 5.75 Å². The van der Waals surface area contributed by atoms with Crippen molar-refractivity contribution >= 4 is 5.97 Å². The first-order valence-corrected chi connectivity index (χ1v) is 7.05. The molecule has 0 aliphatic rings. The van der Waals surface area contributed by atoms with Crippen LogP contribution in [-0.2, 0) is 9.53 Å². The fourth-order valence-electron chi connectivity index (χ4n) is 2.11. The van der Waals surface area contributed by atoms with E-state index in [1.54, 1.807) is 7.11 Å². The summed E-state index contributed by atoms with van der Waals surface area (Å²) >= 11 is 0. The lowest BCUT2D eigenvalue weighted by Gasteiger charge is -2.17. The highest BCUT2D eigenvalue weighted by molar-refractivity contribution is 5.78. The fraction of sp³-hybridized carbons (Fsp3) is 0.278. The standard InChI is InChI=1S/C18H20O4/c1-13-7-9-15(10-8-13)22-12-17(18(19)21-3)14-5-4-6-16(11-14)20-2/h4-11,17H,12H2,1-3H3. The number of carbonyl (C=O) groups is 1. The van der Waals surface area contributed by atoms with Crippen molar-refractivity contribution in [1.82, 2.24) is 0 Å². The molecule has 1 unspecified atom stereocenters. The van der Waals surface area contributed by atoms with Crippen molar-refractivity contribution in [3.05, 3.63) is 59.7 Å². The molecule has 0 saturated heterocycles. The van der Waals surface area contributed by atoms with Gasteiger partial charge in [0.1, 0.15) is 24.0 Å². The van der Waals surface area contributed by atoms with Crippen molar-refractivity contribution in [2.75, 3.05) is 20.8 Å². The van der Waals surface area contributed by atoms with Crippen LogP contribution in [0.15, 0.2) is 48.5 Å². The topological polar surface area (TPSA) is 44.8 Å². The molecule has 0 radical (unpaired) electrons. The van der Waals surface area contributed by atoms with E-state index in [9.17, 15) is 4.79 Å². The number of ether oxygens (including phenoxy) is 3. The van der Waals surface area contributed by atoms with E-state index in [-0.39, 0.29) is 12.6 Å². The molecular formula is C18H20O4. The van der Waals surface area contributed by atoms with Crippen LogP contribution in [0.5, 0.6) is 11.5 Å². The van der Waals surface area contributed by atoms with E-state index in [1.165, 1.54) is 7.11 Å². The van der Waals surface area contributed by atoms with Gasteiger partial charge in [0, 0.05) is 0 Å². The summed E-state index contributed by atoms with van der Waals surface area (Å²) < 4.78 is 15.8. The highest BCUT2D eigenvalue weighted by atomic mass is 16.5. The Hall–Kier alpha value is -2.49. The zero-order valence-corrected chi connectivity index (χ0v) is 13.0. The smallest absolute Gasteiger partial charge is 0.316 e. The first-order chi connectivity index (χ1) is 10.6. The lowest BCUT2D eigenvalue weighted by Crippen LogP contribution is -2.21. The molecule has 0 spiro atoms. The van der Waals surface area contributed by atoms with Crippen molar-refractivity contribution in [2.24, 2.45) is 0 Å². The Bertz CT molecular complexity index is 619. The van der Waals surface area contributed by atoms with Crippen molar-refractivity contribution in [2.45, 2.75) is 12.8 Å². The number of carbonyl (C=O) groups excluding carboxylic acids is 1. The molecule has 22 heavy (non-hydrogen) atoms. The molecule has 0 saturated carbocycles. The Labute approximate surface area is 130 Å². The van der Waals surface area contributed by atoms with E-state index < -0.39 is 5.92 Å². The van der Waals surface area contributed by atoms with Gasteiger partial charge in [-0.2, -0.15) is 0 Å². The van der Waals surface area contributed by atoms with Crippen molar-refractivity contribution in [1.29, 1.82) is 0 Å². The quantitative estimate of drug-likeness (QED) is 0.768. The molecule has 4 nitrogen and oxygen atoms in total.